The molecule has 4 rings (SSSR count). The summed E-state index contributed by atoms with van der Waals surface area (Å²) in [5.74, 6) is 0. The lowest BCUT2D eigenvalue weighted by Crippen LogP contribution is -2.55. The molecule has 0 aliphatic carbocycles. The number of nitrogens with one attached hydrogen (secondary N) is 2. The third kappa shape index (κ3) is 3.36. The van der Waals surface area contributed by atoms with Gasteiger partial charge in [0.1, 0.15) is 0 Å². The highest BCUT2D eigenvalue weighted by Gasteiger charge is 2.34. The quantitative estimate of drug-likeness (QED) is 0.640. The Balaban J connectivity index is 1.65. The lowest BCUT2D eigenvalue weighted by molar-refractivity contribution is -0.137. The first kappa shape index (κ1) is 17.5. The van der Waals surface area contributed by atoms with Gasteiger partial charge in [-0.1, -0.05) is 23.9 Å². The molecule has 26 heavy (non-hydrogen) atoms. The van der Waals surface area contributed by atoms with Gasteiger partial charge in [0.25, 0.3) is 0 Å². The molecule has 2 aromatic rings. The van der Waals surface area contributed by atoms with E-state index in [1.807, 2.05) is 24.3 Å². The molecule has 0 aromatic heterocycles. The van der Waals surface area contributed by atoms with Crippen LogP contribution in [0, 0.1) is 0 Å². The van der Waals surface area contributed by atoms with Crippen molar-refractivity contribution in [2.75, 3.05) is 36.8 Å². The number of nitrogens with two attached hydrogens (primary N) is 1. The highest BCUT2D eigenvalue weighted by molar-refractivity contribution is 7.99. The molecule has 4 N–H and O–H groups in total. The average Bonchev–Trinajstić information content (AvgIpc) is 2.57. The molecule has 0 saturated carbocycles. The maximum absolute atomic E-state index is 13.3. The van der Waals surface area contributed by atoms with Gasteiger partial charge in [-0.15, -0.1) is 0 Å². The van der Waals surface area contributed by atoms with Crippen molar-refractivity contribution in [1.82, 2.24) is 4.90 Å². The molecule has 4 nitrogen and oxygen atoms in total. The molecule has 0 spiro atoms. The number of anilines is 3. The summed E-state index contributed by atoms with van der Waals surface area (Å²) in [4.78, 5) is 3.68. The van der Waals surface area contributed by atoms with Crippen molar-refractivity contribution in [2.45, 2.75) is 22.0 Å². The molecule has 1 saturated heterocycles. The van der Waals surface area contributed by atoms with Crippen LogP contribution in [0.4, 0.5) is 30.2 Å². The minimum Gasteiger partial charge on any atom is -0.378 e. The van der Waals surface area contributed by atoms with Crippen LogP contribution in [0.25, 0.3) is 0 Å². The van der Waals surface area contributed by atoms with Gasteiger partial charge in [0.2, 0.25) is 0 Å². The molecule has 8 heteroatoms. The second kappa shape index (κ2) is 6.68. The second-order valence-electron chi connectivity index (χ2n) is 6.51. The number of alkyl halides is 3. The largest absolute Gasteiger partial charge is 0.416 e. The van der Waals surface area contributed by atoms with Gasteiger partial charge in [0.15, 0.2) is 0 Å². The summed E-state index contributed by atoms with van der Waals surface area (Å²) >= 11 is 1.36. The van der Waals surface area contributed by atoms with Gasteiger partial charge in [0.05, 0.1) is 28.7 Å². The third-order valence-corrected chi connectivity index (χ3v) is 5.68. The van der Waals surface area contributed by atoms with Crippen molar-refractivity contribution < 1.29 is 13.2 Å². The van der Waals surface area contributed by atoms with E-state index in [1.165, 1.54) is 23.9 Å². The lowest BCUT2D eigenvalue weighted by atomic mass is 10.1. The van der Waals surface area contributed by atoms with Crippen LogP contribution in [0.2, 0.25) is 0 Å². The molecular weight excluding hydrogens is 361 g/mol. The van der Waals surface area contributed by atoms with Crippen molar-refractivity contribution >= 4 is 28.8 Å². The smallest absolute Gasteiger partial charge is 0.378 e. The molecular formula is C18H19F3N4S. The minimum atomic E-state index is -4.38. The molecule has 2 aliphatic heterocycles. The van der Waals surface area contributed by atoms with Crippen LogP contribution < -0.4 is 16.4 Å². The van der Waals surface area contributed by atoms with Crippen LogP contribution in [-0.4, -0.2) is 37.1 Å². The zero-order valence-corrected chi connectivity index (χ0v) is 14.8. The lowest BCUT2D eigenvalue weighted by Gasteiger charge is -2.40. The highest BCUT2D eigenvalue weighted by atomic mass is 32.2. The SMILES string of the molecule is NCCN1CC(Nc2cc(C(F)(F)F)cc3c2Nc2ccccc2S3)C1. The number of rotatable bonds is 4. The van der Waals surface area contributed by atoms with Crippen LogP contribution in [-0.2, 0) is 6.18 Å². The van der Waals surface area contributed by atoms with Gasteiger partial charge < -0.3 is 16.4 Å². The Labute approximate surface area is 153 Å². The summed E-state index contributed by atoms with van der Waals surface area (Å²) in [5.41, 5.74) is 7.02. The Bertz CT molecular complexity index is 819. The van der Waals surface area contributed by atoms with Crippen molar-refractivity contribution in [3.8, 4) is 0 Å². The van der Waals surface area contributed by atoms with Crippen LogP contribution >= 0.6 is 11.8 Å². The minimum absolute atomic E-state index is 0.123. The normalized spacial score (nSPS) is 17.1. The van der Waals surface area contributed by atoms with Gasteiger partial charge in [-0.25, -0.2) is 0 Å². The van der Waals surface area contributed by atoms with Crippen molar-refractivity contribution in [2.24, 2.45) is 5.73 Å². The summed E-state index contributed by atoms with van der Waals surface area (Å²) in [6.07, 6.45) is -4.38. The maximum Gasteiger partial charge on any atom is 0.416 e. The molecule has 2 aliphatic rings. The van der Waals surface area contributed by atoms with E-state index in [2.05, 4.69) is 15.5 Å². The van der Waals surface area contributed by atoms with Crippen LogP contribution in [0.3, 0.4) is 0 Å². The summed E-state index contributed by atoms with van der Waals surface area (Å²) in [5, 5.41) is 6.57. The van der Waals surface area contributed by atoms with E-state index in [-0.39, 0.29) is 6.04 Å². The first-order valence-electron chi connectivity index (χ1n) is 8.42. The Kier molecular flexibility index (Phi) is 4.50. The Morgan fingerprint density at radius 3 is 2.69 bits per heavy atom. The van der Waals surface area contributed by atoms with E-state index < -0.39 is 11.7 Å². The predicted molar refractivity (Wildman–Crippen MR) is 98.2 cm³/mol. The van der Waals surface area contributed by atoms with E-state index in [4.69, 9.17) is 5.73 Å². The zero-order chi connectivity index (χ0) is 18.3. The number of likely N-dealkylation sites (tertiary alicyclic amines) is 1. The summed E-state index contributed by atoms with van der Waals surface area (Å²) in [6, 6.07) is 10.2. The van der Waals surface area contributed by atoms with E-state index in [0.29, 0.717) is 22.8 Å². The maximum atomic E-state index is 13.3. The molecule has 2 aromatic carbocycles. The summed E-state index contributed by atoms with van der Waals surface area (Å²) in [7, 11) is 0. The molecule has 138 valence electrons. The predicted octanol–water partition coefficient (Wildman–Crippen LogP) is 3.97. The third-order valence-electron chi connectivity index (χ3n) is 4.56. The van der Waals surface area contributed by atoms with Crippen molar-refractivity contribution in [3.63, 3.8) is 0 Å². The molecule has 1 fully saturated rings. The van der Waals surface area contributed by atoms with Gasteiger partial charge in [-0.3, -0.25) is 4.90 Å². The Morgan fingerprint density at radius 1 is 1.19 bits per heavy atom. The van der Waals surface area contributed by atoms with E-state index in [9.17, 15) is 13.2 Å². The second-order valence-corrected chi connectivity index (χ2v) is 7.59. The van der Waals surface area contributed by atoms with Crippen LogP contribution in [0.5, 0.6) is 0 Å². The number of hydrogen-bond acceptors (Lipinski definition) is 5. The monoisotopic (exact) mass is 380 g/mol. The number of benzene rings is 2. The van der Waals surface area contributed by atoms with Crippen LogP contribution in [0.1, 0.15) is 5.56 Å². The number of fused-ring (bicyclic) bond motifs is 2. The number of halogens is 3. The fraction of sp³-hybridized carbons (Fsp3) is 0.333. The molecule has 0 bridgehead atoms. The van der Waals surface area contributed by atoms with Gasteiger partial charge >= 0.3 is 6.18 Å². The van der Waals surface area contributed by atoms with E-state index >= 15 is 0 Å². The van der Waals surface area contributed by atoms with Crippen molar-refractivity contribution in [1.29, 1.82) is 0 Å². The number of hydrogen-bond donors (Lipinski definition) is 3. The fourth-order valence-electron chi connectivity index (χ4n) is 3.26. The fourth-order valence-corrected chi connectivity index (χ4v) is 4.32. The molecule has 0 atom stereocenters. The molecule has 0 radical (unpaired) electrons. The standard InChI is InChI=1S/C18H19F3N4S/c19-18(20,21)11-7-14(23-12-9-25(10-12)6-5-22)17-16(8-11)26-15-4-2-1-3-13(15)24-17/h1-4,7-8,12,23-24H,5-6,9-10,22H2. The average molecular weight is 380 g/mol. The van der Waals surface area contributed by atoms with Gasteiger partial charge in [-0.2, -0.15) is 13.2 Å². The Hall–Kier alpha value is -1.90. The van der Waals surface area contributed by atoms with Crippen LogP contribution in [0.15, 0.2) is 46.2 Å². The van der Waals surface area contributed by atoms with Crippen molar-refractivity contribution in [3.05, 3.63) is 42.0 Å². The van der Waals surface area contributed by atoms with E-state index in [1.54, 1.807) is 0 Å². The van der Waals surface area contributed by atoms with Gasteiger partial charge in [0, 0.05) is 36.0 Å². The summed E-state index contributed by atoms with van der Waals surface area (Å²) in [6.45, 7) is 2.96. The first-order valence-corrected chi connectivity index (χ1v) is 9.24. The molecule has 0 amide bonds. The van der Waals surface area contributed by atoms with Gasteiger partial charge in [-0.05, 0) is 24.3 Å². The topological polar surface area (TPSA) is 53.3 Å². The number of para-hydroxylation sites is 1. The molecule has 0 unspecified atom stereocenters. The Morgan fingerprint density at radius 2 is 1.96 bits per heavy atom. The first-order chi connectivity index (χ1) is 12.4. The summed E-state index contributed by atoms with van der Waals surface area (Å²) < 4.78 is 40.0. The number of nitrogens with zero attached hydrogens (tertiary/aromatic N) is 1. The van der Waals surface area contributed by atoms with E-state index in [0.717, 1.165) is 30.2 Å². The highest BCUT2D eigenvalue weighted by Crippen LogP contribution is 2.49. The zero-order valence-electron chi connectivity index (χ0n) is 13.9. The molecule has 2 heterocycles.